The lowest BCUT2D eigenvalue weighted by atomic mass is 10.1. The zero-order chi connectivity index (χ0) is 15.9. The first-order valence-corrected chi connectivity index (χ1v) is 7.30. The highest BCUT2D eigenvalue weighted by atomic mass is 16.3. The minimum absolute atomic E-state index is 0.176. The van der Waals surface area contributed by atoms with Crippen molar-refractivity contribution in [3.05, 3.63) is 53.5 Å². The quantitative estimate of drug-likeness (QED) is 0.635. The van der Waals surface area contributed by atoms with Crippen LogP contribution in [0.25, 0.3) is 0 Å². The van der Waals surface area contributed by atoms with Crippen LogP contribution in [0.5, 0.6) is 0 Å². The highest BCUT2D eigenvalue weighted by Gasteiger charge is 2.16. The Balaban J connectivity index is 1.96. The van der Waals surface area contributed by atoms with E-state index in [1.54, 1.807) is 18.4 Å². The number of amides is 1. The molecule has 0 unspecified atom stereocenters. The van der Waals surface area contributed by atoms with Crippen LogP contribution in [0, 0.1) is 13.8 Å². The van der Waals surface area contributed by atoms with E-state index in [1.165, 1.54) is 11.8 Å². The molecule has 116 valence electrons. The number of furan rings is 1. The maximum Gasteiger partial charge on any atom is 0.262 e. The Hall–Kier alpha value is -2.56. The van der Waals surface area contributed by atoms with Crippen molar-refractivity contribution in [3.63, 3.8) is 0 Å². The molecular weight excluding hydrogens is 278 g/mol. The first kappa shape index (κ1) is 15.8. The molecule has 0 saturated carbocycles. The minimum Gasteiger partial charge on any atom is -0.463 e. The van der Waals surface area contributed by atoms with Crippen molar-refractivity contribution < 1.29 is 9.21 Å². The fourth-order valence-electron chi connectivity index (χ4n) is 2.12. The summed E-state index contributed by atoms with van der Waals surface area (Å²) in [6.07, 6.45) is 3.69. The van der Waals surface area contributed by atoms with Crippen LogP contribution in [0.1, 0.15) is 30.2 Å². The third-order valence-electron chi connectivity index (χ3n) is 3.35. The summed E-state index contributed by atoms with van der Waals surface area (Å²) in [7, 11) is 0. The molecule has 22 heavy (non-hydrogen) atoms. The Morgan fingerprint density at radius 1 is 1.36 bits per heavy atom. The normalized spacial score (nSPS) is 12.3. The molecule has 0 bridgehead atoms. The average Bonchev–Trinajstić information content (AvgIpc) is 2.99. The van der Waals surface area contributed by atoms with Gasteiger partial charge in [-0.05, 0) is 44.0 Å². The van der Waals surface area contributed by atoms with Crippen LogP contribution in [-0.4, -0.2) is 18.2 Å². The van der Waals surface area contributed by atoms with Crippen LogP contribution >= 0.6 is 0 Å². The molecule has 0 spiro atoms. The number of benzene rings is 1. The average molecular weight is 299 g/mol. The van der Waals surface area contributed by atoms with Crippen LogP contribution in [0.3, 0.4) is 0 Å². The van der Waals surface area contributed by atoms with Gasteiger partial charge in [-0.15, -0.1) is 0 Å². The van der Waals surface area contributed by atoms with Gasteiger partial charge >= 0.3 is 0 Å². The van der Waals surface area contributed by atoms with Crippen LogP contribution in [-0.2, 0) is 4.79 Å². The van der Waals surface area contributed by atoms with Crippen LogP contribution < -0.4 is 10.7 Å². The van der Waals surface area contributed by atoms with Gasteiger partial charge in [0.05, 0.1) is 12.5 Å². The van der Waals surface area contributed by atoms with Crippen LogP contribution in [0.15, 0.2) is 46.1 Å². The monoisotopic (exact) mass is 299 g/mol. The number of hydrogen-bond acceptors (Lipinski definition) is 4. The summed E-state index contributed by atoms with van der Waals surface area (Å²) in [6, 6.07) is 9.29. The summed E-state index contributed by atoms with van der Waals surface area (Å²) in [4.78, 5) is 12.2. The lowest BCUT2D eigenvalue weighted by molar-refractivity contribution is -0.121. The molecule has 5 heteroatoms. The van der Waals surface area contributed by atoms with Gasteiger partial charge < -0.3 is 9.73 Å². The largest absolute Gasteiger partial charge is 0.463 e. The zero-order valence-electron chi connectivity index (χ0n) is 13.1. The van der Waals surface area contributed by atoms with E-state index in [4.69, 9.17) is 4.42 Å². The summed E-state index contributed by atoms with van der Waals surface area (Å²) in [5.74, 6) is 0.418. The predicted octanol–water partition coefficient (Wildman–Crippen LogP) is 3.24. The van der Waals surface area contributed by atoms with E-state index in [2.05, 4.69) is 21.9 Å². The van der Waals surface area contributed by atoms with Crippen molar-refractivity contribution in [2.75, 3.05) is 5.32 Å². The van der Waals surface area contributed by atoms with Gasteiger partial charge in [-0.3, -0.25) is 4.79 Å². The molecule has 5 nitrogen and oxygen atoms in total. The van der Waals surface area contributed by atoms with Crippen molar-refractivity contribution >= 4 is 17.8 Å². The number of carbonyl (C=O) groups is 1. The van der Waals surface area contributed by atoms with Gasteiger partial charge in [0.15, 0.2) is 0 Å². The molecule has 1 aromatic carbocycles. The lowest BCUT2D eigenvalue weighted by Crippen LogP contribution is -2.37. The number of hydrazone groups is 1. The number of nitrogens with one attached hydrogen (secondary N) is 2. The second kappa shape index (κ2) is 7.45. The third kappa shape index (κ3) is 4.22. The lowest BCUT2D eigenvalue weighted by Gasteiger charge is -2.18. The predicted molar refractivity (Wildman–Crippen MR) is 88.1 cm³/mol. The Morgan fingerprint density at radius 2 is 2.18 bits per heavy atom. The highest BCUT2D eigenvalue weighted by molar-refractivity contribution is 5.86. The Bertz CT molecular complexity index is 648. The number of anilines is 1. The van der Waals surface area contributed by atoms with Gasteiger partial charge in [0.25, 0.3) is 5.91 Å². The van der Waals surface area contributed by atoms with Gasteiger partial charge in [-0.1, -0.05) is 24.6 Å². The third-order valence-corrected chi connectivity index (χ3v) is 3.35. The number of nitrogens with zero attached hydrogens (tertiary/aromatic N) is 1. The van der Waals surface area contributed by atoms with E-state index in [-0.39, 0.29) is 11.9 Å². The summed E-state index contributed by atoms with van der Waals surface area (Å²) < 4.78 is 5.11. The molecular formula is C17H21N3O2. The molecule has 0 fully saturated rings. The summed E-state index contributed by atoms with van der Waals surface area (Å²) >= 11 is 0. The van der Waals surface area contributed by atoms with Crippen molar-refractivity contribution in [3.8, 4) is 0 Å². The van der Waals surface area contributed by atoms with E-state index in [0.29, 0.717) is 12.2 Å². The molecule has 1 heterocycles. The Kier molecular flexibility index (Phi) is 5.36. The fourth-order valence-corrected chi connectivity index (χ4v) is 2.12. The standard InChI is InChI=1S/C17H21N3O2/c1-4-15(19-16-8-7-12(2)10-13(16)3)17(21)20-18-11-14-6-5-9-22-14/h5-11,15,19H,4H2,1-3H3,(H,20,21)/t15-/m0/s1. The van der Waals surface area contributed by atoms with Gasteiger partial charge in [-0.2, -0.15) is 5.10 Å². The van der Waals surface area contributed by atoms with Crippen molar-refractivity contribution in [1.29, 1.82) is 0 Å². The number of carbonyl (C=O) groups excluding carboxylic acids is 1. The summed E-state index contributed by atoms with van der Waals surface area (Å²) in [6.45, 7) is 6.02. The summed E-state index contributed by atoms with van der Waals surface area (Å²) in [5, 5.41) is 7.16. The van der Waals surface area contributed by atoms with E-state index < -0.39 is 0 Å². The minimum atomic E-state index is -0.338. The molecule has 2 rings (SSSR count). The second-order valence-electron chi connectivity index (χ2n) is 5.17. The number of rotatable bonds is 6. The molecule has 0 aliphatic heterocycles. The maximum atomic E-state index is 12.2. The first-order chi connectivity index (χ1) is 10.6. The first-order valence-electron chi connectivity index (χ1n) is 7.30. The van der Waals surface area contributed by atoms with Crippen molar-refractivity contribution in [2.45, 2.75) is 33.2 Å². The molecule has 0 radical (unpaired) electrons. The molecule has 0 aliphatic carbocycles. The van der Waals surface area contributed by atoms with Crippen LogP contribution in [0.4, 0.5) is 5.69 Å². The molecule has 0 saturated heterocycles. The molecule has 2 N–H and O–H groups in total. The Morgan fingerprint density at radius 3 is 2.82 bits per heavy atom. The van der Waals surface area contributed by atoms with E-state index in [1.807, 2.05) is 32.9 Å². The number of hydrogen-bond donors (Lipinski definition) is 2. The summed E-state index contributed by atoms with van der Waals surface area (Å²) in [5.41, 5.74) is 5.81. The molecule has 0 aliphatic rings. The van der Waals surface area contributed by atoms with E-state index >= 15 is 0 Å². The van der Waals surface area contributed by atoms with E-state index in [0.717, 1.165) is 11.3 Å². The van der Waals surface area contributed by atoms with Gasteiger partial charge in [0.1, 0.15) is 11.8 Å². The van der Waals surface area contributed by atoms with Crippen molar-refractivity contribution in [1.82, 2.24) is 5.43 Å². The number of aryl methyl sites for hydroxylation is 2. The zero-order valence-corrected chi connectivity index (χ0v) is 13.1. The SMILES string of the molecule is CC[C@H](Nc1ccc(C)cc1C)C(=O)NN=Cc1ccco1. The highest BCUT2D eigenvalue weighted by Crippen LogP contribution is 2.17. The van der Waals surface area contributed by atoms with Gasteiger partial charge in [0, 0.05) is 5.69 Å². The molecule has 1 aromatic heterocycles. The van der Waals surface area contributed by atoms with Crippen molar-refractivity contribution in [2.24, 2.45) is 5.10 Å². The fraction of sp³-hybridized carbons (Fsp3) is 0.294. The molecule has 1 atom stereocenters. The smallest absolute Gasteiger partial charge is 0.262 e. The second-order valence-corrected chi connectivity index (χ2v) is 5.17. The molecule has 2 aromatic rings. The van der Waals surface area contributed by atoms with E-state index in [9.17, 15) is 4.79 Å². The van der Waals surface area contributed by atoms with Crippen LogP contribution in [0.2, 0.25) is 0 Å². The molecule has 1 amide bonds. The topological polar surface area (TPSA) is 66.6 Å². The van der Waals surface area contributed by atoms with Gasteiger partial charge in [0.2, 0.25) is 0 Å². The van der Waals surface area contributed by atoms with Gasteiger partial charge in [-0.25, -0.2) is 5.43 Å². The maximum absolute atomic E-state index is 12.2. The Labute approximate surface area is 130 Å².